The minimum Gasteiger partial charge on any atom is -0.0772 e. The largest absolute Gasteiger partial charge is 0.0772 e. The Morgan fingerprint density at radius 3 is 0.714 bits per heavy atom. The number of hydrogen-bond acceptors (Lipinski definition) is 0. The van der Waals surface area contributed by atoms with Gasteiger partial charge < -0.3 is 0 Å². The maximum atomic E-state index is 2.29. The van der Waals surface area contributed by atoms with E-state index in [1.807, 2.05) is 0 Å². The summed E-state index contributed by atoms with van der Waals surface area (Å²) in [6.45, 7) is 22.5. The van der Waals surface area contributed by atoms with Gasteiger partial charge in [-0.3, -0.25) is 0 Å². The summed E-state index contributed by atoms with van der Waals surface area (Å²) in [6, 6.07) is 0. The Kier molecular flexibility index (Phi) is 8.63. The molecular weight excluding hydrogens is 252 g/mol. The van der Waals surface area contributed by atoms with Gasteiger partial charge in [0.2, 0.25) is 0 Å². The molecule has 0 aliphatic heterocycles. The molecule has 0 radical (unpaired) electrons. The van der Waals surface area contributed by atoms with E-state index in [1.54, 1.807) is 0 Å². The molecule has 0 heteroatoms. The monoisotopic (exact) mass is 288 g/mol. The van der Waals surface area contributed by atoms with Crippen LogP contribution in [-0.4, -0.2) is 0 Å². The molecule has 0 saturated heterocycles. The van der Waals surface area contributed by atoms with Gasteiger partial charge in [-0.1, -0.05) is 44.6 Å². The molecule has 0 saturated carbocycles. The molecule has 0 aromatic rings. The highest BCUT2D eigenvalue weighted by Crippen LogP contribution is 2.25. The maximum absolute atomic E-state index is 2.29. The van der Waals surface area contributed by atoms with Crippen LogP contribution in [0.5, 0.6) is 0 Å². The molecule has 0 aromatic heterocycles. The molecule has 0 spiro atoms. The van der Waals surface area contributed by atoms with Crippen molar-refractivity contribution in [1.82, 2.24) is 0 Å². The van der Waals surface area contributed by atoms with Gasteiger partial charge in [0.05, 0.1) is 0 Å². The van der Waals surface area contributed by atoms with Crippen molar-refractivity contribution >= 4 is 0 Å². The van der Waals surface area contributed by atoms with Crippen molar-refractivity contribution in [2.45, 2.75) is 88.5 Å². The Labute approximate surface area is 133 Å². The average molecular weight is 289 g/mol. The summed E-state index contributed by atoms with van der Waals surface area (Å²) in [7, 11) is 0. The summed E-state index contributed by atoms with van der Waals surface area (Å²) in [6.07, 6.45) is 3.35. The van der Waals surface area contributed by atoms with Crippen molar-refractivity contribution in [1.29, 1.82) is 0 Å². The van der Waals surface area contributed by atoms with Gasteiger partial charge in [-0.15, -0.1) is 0 Å². The zero-order valence-corrected chi connectivity index (χ0v) is 16.1. The molecule has 0 aromatic carbocycles. The zero-order chi connectivity index (χ0) is 16.7. The lowest BCUT2D eigenvalue weighted by Gasteiger charge is -2.13. The lowest BCUT2D eigenvalue weighted by molar-refractivity contribution is 0.953. The van der Waals surface area contributed by atoms with E-state index in [0.717, 1.165) is 19.3 Å². The van der Waals surface area contributed by atoms with Gasteiger partial charge >= 0.3 is 0 Å². The van der Waals surface area contributed by atoms with Crippen molar-refractivity contribution < 1.29 is 0 Å². The van der Waals surface area contributed by atoms with Crippen LogP contribution >= 0.6 is 0 Å². The molecule has 0 aliphatic rings. The fraction of sp³-hybridized carbons (Fsp3) is 0.619. The lowest BCUT2D eigenvalue weighted by Crippen LogP contribution is -1.93. The third kappa shape index (κ3) is 7.50. The third-order valence-electron chi connectivity index (χ3n) is 4.76. The SMILES string of the molecule is CC(C)=C(C)CC(C)=C(C)CC(C)=C(C)CC(C)=C(C)C. The van der Waals surface area contributed by atoms with Gasteiger partial charge in [0, 0.05) is 0 Å². The average Bonchev–Trinajstić information content (AvgIpc) is 2.37. The van der Waals surface area contributed by atoms with E-state index in [9.17, 15) is 0 Å². The van der Waals surface area contributed by atoms with Crippen LogP contribution in [0.4, 0.5) is 0 Å². The minimum absolute atomic E-state index is 1.11. The van der Waals surface area contributed by atoms with Crippen LogP contribution in [0.15, 0.2) is 44.6 Å². The highest BCUT2D eigenvalue weighted by molar-refractivity contribution is 5.27. The summed E-state index contributed by atoms with van der Waals surface area (Å²) >= 11 is 0. The predicted molar refractivity (Wildman–Crippen MR) is 98.7 cm³/mol. The lowest BCUT2D eigenvalue weighted by atomic mass is 9.93. The van der Waals surface area contributed by atoms with E-state index in [4.69, 9.17) is 0 Å². The van der Waals surface area contributed by atoms with Gasteiger partial charge in [-0.05, 0) is 88.5 Å². The standard InChI is InChI=1S/C21H36/c1-14(2)16(5)11-18(7)20(9)13-21(10)19(8)12-17(6)15(3)4/h11-13H2,1-10H3. The first-order valence-electron chi connectivity index (χ1n) is 8.12. The van der Waals surface area contributed by atoms with Crippen LogP contribution in [0.3, 0.4) is 0 Å². The Hall–Kier alpha value is -1.04. The van der Waals surface area contributed by atoms with Gasteiger partial charge in [-0.25, -0.2) is 0 Å². The second kappa shape index (κ2) is 9.07. The first-order valence-corrected chi connectivity index (χ1v) is 8.12. The summed E-state index contributed by atoms with van der Waals surface area (Å²) in [4.78, 5) is 0. The summed E-state index contributed by atoms with van der Waals surface area (Å²) in [5.74, 6) is 0. The number of allylic oxidation sites excluding steroid dienone is 8. The molecule has 0 nitrogen and oxygen atoms in total. The third-order valence-corrected chi connectivity index (χ3v) is 4.76. The molecule has 21 heavy (non-hydrogen) atoms. The van der Waals surface area contributed by atoms with E-state index in [2.05, 4.69) is 69.2 Å². The van der Waals surface area contributed by atoms with Gasteiger partial charge in [0.25, 0.3) is 0 Å². The van der Waals surface area contributed by atoms with Crippen LogP contribution in [0.2, 0.25) is 0 Å². The van der Waals surface area contributed by atoms with Gasteiger partial charge in [0.1, 0.15) is 0 Å². The molecule has 0 N–H and O–H groups in total. The quantitative estimate of drug-likeness (QED) is 0.443. The van der Waals surface area contributed by atoms with Crippen molar-refractivity contribution in [2.24, 2.45) is 0 Å². The Morgan fingerprint density at radius 2 is 0.524 bits per heavy atom. The predicted octanol–water partition coefficient (Wildman–Crippen LogP) is 7.54. The van der Waals surface area contributed by atoms with E-state index in [-0.39, 0.29) is 0 Å². The first-order chi connectivity index (χ1) is 9.56. The topological polar surface area (TPSA) is 0 Å². The van der Waals surface area contributed by atoms with Crippen LogP contribution in [0.25, 0.3) is 0 Å². The Bertz CT molecular complexity index is 436. The molecule has 0 atom stereocenters. The van der Waals surface area contributed by atoms with Crippen LogP contribution in [-0.2, 0) is 0 Å². The van der Waals surface area contributed by atoms with Gasteiger partial charge in [-0.2, -0.15) is 0 Å². The number of rotatable bonds is 6. The molecule has 0 unspecified atom stereocenters. The summed E-state index contributed by atoms with van der Waals surface area (Å²) < 4.78 is 0. The van der Waals surface area contributed by atoms with Gasteiger partial charge in [0.15, 0.2) is 0 Å². The Balaban J connectivity index is 5.02. The fourth-order valence-corrected chi connectivity index (χ4v) is 2.15. The summed E-state index contributed by atoms with van der Waals surface area (Å²) in [5.41, 5.74) is 12.0. The zero-order valence-electron chi connectivity index (χ0n) is 16.1. The van der Waals surface area contributed by atoms with Crippen LogP contribution < -0.4 is 0 Å². The molecule has 0 bridgehead atoms. The molecule has 0 fully saturated rings. The van der Waals surface area contributed by atoms with Crippen LogP contribution in [0.1, 0.15) is 88.5 Å². The first kappa shape index (κ1) is 20.0. The molecule has 0 heterocycles. The van der Waals surface area contributed by atoms with E-state index >= 15 is 0 Å². The molecule has 120 valence electrons. The summed E-state index contributed by atoms with van der Waals surface area (Å²) in [5, 5.41) is 0. The normalized spacial score (nSPS) is 13.4. The second-order valence-electron chi connectivity index (χ2n) is 7.21. The highest BCUT2D eigenvalue weighted by Gasteiger charge is 2.04. The van der Waals surface area contributed by atoms with Crippen molar-refractivity contribution in [3.05, 3.63) is 44.6 Å². The second-order valence-corrected chi connectivity index (χ2v) is 7.21. The molecule has 0 rings (SSSR count). The molecular formula is C21H36. The van der Waals surface area contributed by atoms with Crippen LogP contribution in [0, 0.1) is 0 Å². The fourth-order valence-electron chi connectivity index (χ4n) is 2.15. The number of hydrogen-bond donors (Lipinski definition) is 0. The molecule has 0 amide bonds. The Morgan fingerprint density at radius 1 is 0.333 bits per heavy atom. The maximum Gasteiger partial charge on any atom is -0.0109 e. The van der Waals surface area contributed by atoms with E-state index in [0.29, 0.717) is 0 Å². The minimum atomic E-state index is 1.11. The van der Waals surface area contributed by atoms with E-state index < -0.39 is 0 Å². The van der Waals surface area contributed by atoms with Crippen molar-refractivity contribution in [2.75, 3.05) is 0 Å². The van der Waals surface area contributed by atoms with Crippen molar-refractivity contribution in [3.63, 3.8) is 0 Å². The van der Waals surface area contributed by atoms with E-state index in [1.165, 1.54) is 44.6 Å². The smallest absolute Gasteiger partial charge is 0.0109 e. The highest BCUT2D eigenvalue weighted by atomic mass is 14.1. The van der Waals surface area contributed by atoms with Crippen molar-refractivity contribution in [3.8, 4) is 0 Å². The molecule has 0 aliphatic carbocycles.